The minimum Gasteiger partial charge on any atom is -0.385 e. The van der Waals surface area contributed by atoms with E-state index in [0.29, 0.717) is 5.92 Å². The van der Waals surface area contributed by atoms with Gasteiger partial charge in [0.25, 0.3) is 0 Å². The summed E-state index contributed by atoms with van der Waals surface area (Å²) in [6.45, 7) is 5.22. The molecule has 0 heterocycles. The molecule has 0 saturated heterocycles. The summed E-state index contributed by atoms with van der Waals surface area (Å²) in [5.74, 6) is 0.137. The molecule has 0 unspecified atom stereocenters. The molecule has 1 N–H and O–H groups in total. The zero-order valence-electron chi connectivity index (χ0n) is 9.49. The Kier molecular flexibility index (Phi) is 5.36. The summed E-state index contributed by atoms with van der Waals surface area (Å²) in [5.41, 5.74) is 0.764. The summed E-state index contributed by atoms with van der Waals surface area (Å²) >= 11 is 11.4. The number of anilines is 1. The van der Waals surface area contributed by atoms with Crippen LogP contribution in [0.3, 0.4) is 0 Å². The second-order valence-corrected chi connectivity index (χ2v) is 5.03. The number of hydrogen-bond donors (Lipinski definition) is 1. The van der Waals surface area contributed by atoms with E-state index in [1.165, 1.54) is 0 Å². The van der Waals surface area contributed by atoms with Crippen LogP contribution in [0.4, 0.5) is 10.1 Å². The van der Waals surface area contributed by atoms with Crippen LogP contribution in [0.5, 0.6) is 0 Å². The van der Waals surface area contributed by atoms with Crippen molar-refractivity contribution in [3.8, 4) is 0 Å². The van der Waals surface area contributed by atoms with Gasteiger partial charge >= 0.3 is 0 Å². The second kappa shape index (κ2) is 6.31. The van der Waals surface area contributed by atoms with Gasteiger partial charge in [0, 0.05) is 12.2 Å². The van der Waals surface area contributed by atoms with Gasteiger partial charge < -0.3 is 5.32 Å². The van der Waals surface area contributed by atoms with Crippen LogP contribution in [0, 0.1) is 11.7 Å². The number of rotatable bonds is 5. The van der Waals surface area contributed by atoms with Crippen LogP contribution in [0.1, 0.15) is 26.7 Å². The summed E-state index contributed by atoms with van der Waals surface area (Å²) < 4.78 is 13.1. The molecule has 90 valence electrons. The lowest BCUT2D eigenvalue weighted by atomic mass is 10.1. The van der Waals surface area contributed by atoms with E-state index >= 15 is 0 Å². The van der Waals surface area contributed by atoms with Crippen LogP contribution in [-0.2, 0) is 0 Å². The molecule has 0 atom stereocenters. The molecule has 1 aromatic rings. The highest BCUT2D eigenvalue weighted by Crippen LogP contribution is 2.27. The zero-order chi connectivity index (χ0) is 12.1. The van der Waals surface area contributed by atoms with Crippen LogP contribution < -0.4 is 5.32 Å². The van der Waals surface area contributed by atoms with E-state index in [4.69, 9.17) is 23.2 Å². The fraction of sp³-hybridized carbons (Fsp3) is 0.500. The molecule has 0 bridgehead atoms. The third-order valence-electron chi connectivity index (χ3n) is 2.27. The maximum Gasteiger partial charge on any atom is 0.160 e. The Morgan fingerprint density at radius 2 is 1.81 bits per heavy atom. The van der Waals surface area contributed by atoms with Crippen molar-refractivity contribution < 1.29 is 4.39 Å². The standard InChI is InChI=1S/C12H16Cl2FN/c1-8(2)4-3-5-16-9-6-10(13)12(15)11(14)7-9/h6-8,16H,3-5H2,1-2H3. The SMILES string of the molecule is CC(C)CCCNc1cc(Cl)c(F)c(Cl)c1. The van der Waals surface area contributed by atoms with Crippen LogP contribution in [0.25, 0.3) is 0 Å². The van der Waals surface area contributed by atoms with Crippen molar-refractivity contribution in [2.75, 3.05) is 11.9 Å². The average molecular weight is 264 g/mol. The topological polar surface area (TPSA) is 12.0 Å². The molecule has 0 aromatic heterocycles. The highest BCUT2D eigenvalue weighted by molar-refractivity contribution is 6.35. The van der Waals surface area contributed by atoms with Gasteiger partial charge in [-0.1, -0.05) is 37.0 Å². The maximum atomic E-state index is 13.1. The van der Waals surface area contributed by atoms with Crippen LogP contribution in [-0.4, -0.2) is 6.54 Å². The summed E-state index contributed by atoms with van der Waals surface area (Å²) in [5, 5.41) is 3.28. The second-order valence-electron chi connectivity index (χ2n) is 4.22. The summed E-state index contributed by atoms with van der Waals surface area (Å²) in [7, 11) is 0. The Hall–Kier alpha value is -0.470. The predicted molar refractivity (Wildman–Crippen MR) is 69.0 cm³/mol. The van der Waals surface area contributed by atoms with Crippen molar-refractivity contribution in [1.82, 2.24) is 0 Å². The van der Waals surface area contributed by atoms with Gasteiger partial charge in [0.15, 0.2) is 5.82 Å². The van der Waals surface area contributed by atoms with Gasteiger partial charge in [-0.25, -0.2) is 4.39 Å². The molecule has 1 rings (SSSR count). The van der Waals surface area contributed by atoms with E-state index in [0.717, 1.165) is 25.1 Å². The molecule has 0 saturated carbocycles. The molecule has 1 nitrogen and oxygen atoms in total. The summed E-state index contributed by atoms with van der Waals surface area (Å²) in [6.07, 6.45) is 2.24. The van der Waals surface area contributed by atoms with Crippen LogP contribution in [0.15, 0.2) is 12.1 Å². The first kappa shape index (κ1) is 13.6. The van der Waals surface area contributed by atoms with Gasteiger partial charge in [-0.05, 0) is 30.9 Å². The minimum absolute atomic E-state index is 0.0545. The molecular formula is C12H16Cl2FN. The number of hydrogen-bond acceptors (Lipinski definition) is 1. The molecule has 0 aliphatic heterocycles. The third kappa shape index (κ3) is 4.18. The lowest BCUT2D eigenvalue weighted by Crippen LogP contribution is -2.03. The van der Waals surface area contributed by atoms with Crippen molar-refractivity contribution in [2.45, 2.75) is 26.7 Å². The van der Waals surface area contributed by atoms with E-state index in [1.807, 2.05) is 0 Å². The smallest absolute Gasteiger partial charge is 0.160 e. The van der Waals surface area contributed by atoms with Crippen molar-refractivity contribution >= 4 is 28.9 Å². The fourth-order valence-corrected chi connectivity index (χ4v) is 1.89. The Labute approximate surface area is 106 Å². The van der Waals surface area contributed by atoms with Crippen LogP contribution in [0.2, 0.25) is 10.0 Å². The zero-order valence-corrected chi connectivity index (χ0v) is 11.0. The fourth-order valence-electron chi connectivity index (χ4n) is 1.40. The van der Waals surface area contributed by atoms with Crippen molar-refractivity contribution in [1.29, 1.82) is 0 Å². The van der Waals surface area contributed by atoms with Gasteiger partial charge in [0.1, 0.15) is 0 Å². The summed E-state index contributed by atoms with van der Waals surface area (Å²) in [4.78, 5) is 0. The molecule has 0 radical (unpaired) electrons. The normalized spacial score (nSPS) is 10.9. The van der Waals surface area contributed by atoms with E-state index < -0.39 is 5.82 Å². The van der Waals surface area contributed by atoms with Crippen LogP contribution >= 0.6 is 23.2 Å². The molecule has 1 aromatic carbocycles. The minimum atomic E-state index is -0.559. The van der Waals surface area contributed by atoms with Gasteiger partial charge in [-0.15, -0.1) is 0 Å². The van der Waals surface area contributed by atoms with Gasteiger partial charge in [0.2, 0.25) is 0 Å². The van der Waals surface area contributed by atoms with Crippen molar-refractivity contribution in [2.24, 2.45) is 5.92 Å². The van der Waals surface area contributed by atoms with E-state index in [1.54, 1.807) is 12.1 Å². The highest BCUT2D eigenvalue weighted by Gasteiger charge is 2.06. The van der Waals surface area contributed by atoms with Gasteiger partial charge in [-0.2, -0.15) is 0 Å². The first-order valence-electron chi connectivity index (χ1n) is 5.39. The lowest BCUT2D eigenvalue weighted by molar-refractivity contribution is 0.567. The Morgan fingerprint density at radius 1 is 1.25 bits per heavy atom. The first-order chi connectivity index (χ1) is 7.50. The molecule has 4 heteroatoms. The number of nitrogens with one attached hydrogen (secondary N) is 1. The predicted octanol–water partition coefficient (Wildman–Crippen LogP) is 4.98. The lowest BCUT2D eigenvalue weighted by Gasteiger charge is -2.09. The average Bonchev–Trinajstić information content (AvgIpc) is 2.20. The summed E-state index contributed by atoms with van der Waals surface area (Å²) in [6, 6.07) is 3.11. The number of benzene rings is 1. The Bertz CT molecular complexity index is 330. The van der Waals surface area contributed by atoms with E-state index in [9.17, 15) is 4.39 Å². The Balaban J connectivity index is 2.49. The Morgan fingerprint density at radius 3 is 2.31 bits per heavy atom. The monoisotopic (exact) mass is 263 g/mol. The quantitative estimate of drug-likeness (QED) is 0.584. The molecule has 0 amide bonds. The molecule has 0 aliphatic rings. The molecular weight excluding hydrogens is 248 g/mol. The van der Waals surface area contributed by atoms with Crippen molar-refractivity contribution in [3.63, 3.8) is 0 Å². The molecule has 0 fully saturated rings. The third-order valence-corrected chi connectivity index (χ3v) is 2.82. The number of halogens is 3. The molecule has 0 aliphatic carbocycles. The van der Waals surface area contributed by atoms with E-state index in [2.05, 4.69) is 19.2 Å². The molecule has 16 heavy (non-hydrogen) atoms. The highest BCUT2D eigenvalue weighted by atomic mass is 35.5. The largest absolute Gasteiger partial charge is 0.385 e. The van der Waals surface area contributed by atoms with E-state index in [-0.39, 0.29) is 10.0 Å². The van der Waals surface area contributed by atoms with Gasteiger partial charge in [-0.3, -0.25) is 0 Å². The maximum absolute atomic E-state index is 13.1. The molecule has 0 spiro atoms. The first-order valence-corrected chi connectivity index (χ1v) is 6.14. The van der Waals surface area contributed by atoms with Gasteiger partial charge in [0.05, 0.1) is 10.0 Å². The van der Waals surface area contributed by atoms with Crippen molar-refractivity contribution in [3.05, 3.63) is 28.0 Å².